The van der Waals surface area contributed by atoms with E-state index in [0.717, 1.165) is 5.56 Å². The van der Waals surface area contributed by atoms with E-state index in [1.807, 2.05) is 18.2 Å². The average Bonchev–Trinajstić information content (AvgIpc) is 2.60. The smallest absolute Gasteiger partial charge is 0.276 e. The van der Waals surface area contributed by atoms with Crippen LogP contribution in [0.4, 0.5) is 0 Å². The number of hydrogen-bond donors (Lipinski definition) is 1. The summed E-state index contributed by atoms with van der Waals surface area (Å²) in [6, 6.07) is 5.61. The van der Waals surface area contributed by atoms with E-state index in [9.17, 15) is 13.2 Å². The topological polar surface area (TPSA) is 102 Å². The molecule has 138 valence electrons. The van der Waals surface area contributed by atoms with Crippen LogP contribution in [0, 0.1) is 5.92 Å². The third-order valence-corrected chi connectivity index (χ3v) is 5.55. The van der Waals surface area contributed by atoms with Gasteiger partial charge in [-0.3, -0.25) is 4.79 Å². The van der Waals surface area contributed by atoms with Crippen LogP contribution >= 0.6 is 0 Å². The second-order valence-corrected chi connectivity index (χ2v) is 7.96. The first-order valence-corrected chi connectivity index (χ1v) is 9.76. The Morgan fingerprint density at radius 3 is 2.76 bits per heavy atom. The predicted octanol–water partition coefficient (Wildman–Crippen LogP) is 0.332. The molecule has 1 saturated heterocycles. The van der Waals surface area contributed by atoms with Gasteiger partial charge in [0.05, 0.1) is 5.92 Å². The molecular weight excluding hydrogens is 346 g/mol. The Balaban J connectivity index is 1.64. The van der Waals surface area contributed by atoms with E-state index in [4.69, 9.17) is 14.6 Å². The highest BCUT2D eigenvalue weighted by molar-refractivity contribution is 7.86. The van der Waals surface area contributed by atoms with Crippen LogP contribution < -0.4 is 14.6 Å². The Labute approximate surface area is 147 Å². The van der Waals surface area contributed by atoms with Crippen LogP contribution in [0.3, 0.4) is 0 Å². The molecule has 1 atom stereocenters. The summed E-state index contributed by atoms with van der Waals surface area (Å²) in [5.74, 6) is 0.945. The minimum Gasteiger partial charge on any atom is -0.486 e. The Morgan fingerprint density at radius 2 is 2.04 bits per heavy atom. The lowest BCUT2D eigenvalue weighted by Gasteiger charge is -2.32. The molecule has 2 aliphatic rings. The molecule has 0 unspecified atom stereocenters. The van der Waals surface area contributed by atoms with Gasteiger partial charge in [-0.2, -0.15) is 12.7 Å². The fraction of sp³-hybridized carbons (Fsp3) is 0.562. The summed E-state index contributed by atoms with van der Waals surface area (Å²) in [6.07, 6.45) is 1.29. The predicted molar refractivity (Wildman–Crippen MR) is 91.3 cm³/mol. The van der Waals surface area contributed by atoms with E-state index in [-0.39, 0.29) is 18.4 Å². The molecule has 2 heterocycles. The first kappa shape index (κ1) is 18.0. The second-order valence-electron chi connectivity index (χ2n) is 6.41. The lowest BCUT2D eigenvalue weighted by Crippen LogP contribution is -2.47. The monoisotopic (exact) mass is 369 g/mol. The fourth-order valence-corrected chi connectivity index (χ4v) is 4.00. The van der Waals surface area contributed by atoms with Gasteiger partial charge in [0.2, 0.25) is 5.91 Å². The average molecular weight is 369 g/mol. The zero-order valence-corrected chi connectivity index (χ0v) is 15.0. The van der Waals surface area contributed by atoms with Gasteiger partial charge in [0, 0.05) is 26.7 Å². The van der Waals surface area contributed by atoms with Crippen molar-refractivity contribution >= 4 is 16.1 Å². The largest absolute Gasteiger partial charge is 0.486 e. The zero-order chi connectivity index (χ0) is 18.0. The SMILES string of the molecule is CN(Cc1ccc2c(c1)OCCO2)C(=O)[C@H]1CCCN(S(N)(=O)=O)C1. The van der Waals surface area contributed by atoms with E-state index >= 15 is 0 Å². The van der Waals surface area contributed by atoms with E-state index < -0.39 is 10.2 Å². The molecule has 3 rings (SSSR count). The van der Waals surface area contributed by atoms with Crippen LogP contribution in [0.2, 0.25) is 0 Å². The maximum absolute atomic E-state index is 12.7. The summed E-state index contributed by atoms with van der Waals surface area (Å²) in [4.78, 5) is 14.3. The van der Waals surface area contributed by atoms with Crippen LogP contribution in [0.5, 0.6) is 11.5 Å². The Hall–Kier alpha value is -1.84. The van der Waals surface area contributed by atoms with Crippen molar-refractivity contribution in [2.45, 2.75) is 19.4 Å². The number of carbonyl (C=O) groups is 1. The molecule has 0 spiro atoms. The van der Waals surface area contributed by atoms with E-state index in [0.29, 0.717) is 50.6 Å². The summed E-state index contributed by atoms with van der Waals surface area (Å²) in [5, 5.41) is 5.18. The summed E-state index contributed by atoms with van der Waals surface area (Å²) in [7, 11) is -2.04. The number of fused-ring (bicyclic) bond motifs is 1. The number of nitrogens with two attached hydrogens (primary N) is 1. The molecule has 0 saturated carbocycles. The number of hydrogen-bond acceptors (Lipinski definition) is 5. The number of rotatable bonds is 4. The standard InChI is InChI=1S/C16H23N3O5S/c1-18(10-12-4-5-14-15(9-12)24-8-7-23-14)16(20)13-3-2-6-19(11-13)25(17,21)22/h4-5,9,13H,2-3,6-8,10-11H2,1H3,(H2,17,21,22)/t13-/m0/s1. The lowest BCUT2D eigenvalue weighted by molar-refractivity contribution is -0.135. The maximum atomic E-state index is 12.7. The van der Waals surface area contributed by atoms with Gasteiger partial charge in [-0.05, 0) is 30.5 Å². The first-order valence-electron chi connectivity index (χ1n) is 8.26. The molecule has 0 radical (unpaired) electrons. The lowest BCUT2D eigenvalue weighted by atomic mass is 9.98. The number of nitrogens with zero attached hydrogens (tertiary/aromatic N) is 2. The van der Waals surface area contributed by atoms with Gasteiger partial charge in [-0.1, -0.05) is 6.07 Å². The highest BCUT2D eigenvalue weighted by atomic mass is 32.2. The number of benzene rings is 1. The maximum Gasteiger partial charge on any atom is 0.276 e. The molecule has 0 aliphatic carbocycles. The molecule has 2 aliphatic heterocycles. The number of amides is 1. The molecule has 1 aromatic carbocycles. The van der Waals surface area contributed by atoms with Crippen molar-refractivity contribution in [2.24, 2.45) is 11.1 Å². The molecule has 1 amide bonds. The van der Waals surface area contributed by atoms with Gasteiger partial charge >= 0.3 is 0 Å². The van der Waals surface area contributed by atoms with Crippen molar-refractivity contribution < 1.29 is 22.7 Å². The van der Waals surface area contributed by atoms with Gasteiger partial charge in [-0.25, -0.2) is 5.14 Å². The van der Waals surface area contributed by atoms with Crippen molar-refractivity contribution in [1.82, 2.24) is 9.21 Å². The number of ether oxygens (including phenoxy) is 2. The molecule has 8 nitrogen and oxygen atoms in total. The van der Waals surface area contributed by atoms with Gasteiger partial charge < -0.3 is 14.4 Å². The van der Waals surface area contributed by atoms with Crippen LogP contribution in [0.25, 0.3) is 0 Å². The third-order valence-electron chi connectivity index (χ3n) is 4.50. The van der Waals surface area contributed by atoms with Crippen LogP contribution in [-0.4, -0.2) is 56.9 Å². The molecule has 1 fully saturated rings. The fourth-order valence-electron chi connectivity index (χ4n) is 3.22. The summed E-state index contributed by atoms with van der Waals surface area (Å²) in [6.45, 7) is 1.97. The molecule has 0 bridgehead atoms. The minimum absolute atomic E-state index is 0.0803. The second kappa shape index (κ2) is 7.19. The van der Waals surface area contributed by atoms with Crippen LogP contribution in [-0.2, 0) is 21.5 Å². The van der Waals surface area contributed by atoms with Gasteiger partial charge in [0.1, 0.15) is 13.2 Å². The highest BCUT2D eigenvalue weighted by Crippen LogP contribution is 2.31. The van der Waals surface area contributed by atoms with E-state index in [2.05, 4.69) is 0 Å². The molecule has 0 aromatic heterocycles. The van der Waals surface area contributed by atoms with Gasteiger partial charge in [0.25, 0.3) is 10.2 Å². The van der Waals surface area contributed by atoms with Crippen molar-refractivity contribution in [3.8, 4) is 11.5 Å². The summed E-state index contributed by atoms with van der Waals surface area (Å²) < 4.78 is 35.2. The first-order chi connectivity index (χ1) is 11.8. The Kier molecular flexibility index (Phi) is 5.16. The van der Waals surface area contributed by atoms with E-state index in [1.165, 1.54) is 4.31 Å². The number of piperidine rings is 1. The van der Waals surface area contributed by atoms with Crippen molar-refractivity contribution in [1.29, 1.82) is 0 Å². The van der Waals surface area contributed by atoms with Crippen molar-refractivity contribution in [2.75, 3.05) is 33.4 Å². The minimum atomic E-state index is -3.76. The van der Waals surface area contributed by atoms with Crippen molar-refractivity contribution in [3.05, 3.63) is 23.8 Å². The summed E-state index contributed by atoms with van der Waals surface area (Å²) >= 11 is 0. The Morgan fingerprint density at radius 1 is 1.32 bits per heavy atom. The van der Waals surface area contributed by atoms with Gasteiger partial charge in [0.15, 0.2) is 11.5 Å². The number of carbonyl (C=O) groups excluding carboxylic acids is 1. The Bertz CT molecular complexity index is 752. The van der Waals surface area contributed by atoms with Crippen LogP contribution in [0.1, 0.15) is 18.4 Å². The normalized spacial score (nSPS) is 21.0. The molecule has 25 heavy (non-hydrogen) atoms. The molecule has 9 heteroatoms. The summed E-state index contributed by atoms with van der Waals surface area (Å²) in [5.41, 5.74) is 0.930. The molecular formula is C16H23N3O5S. The molecule has 1 aromatic rings. The van der Waals surface area contributed by atoms with Crippen LogP contribution in [0.15, 0.2) is 18.2 Å². The quantitative estimate of drug-likeness (QED) is 0.824. The molecule has 2 N–H and O–H groups in total. The zero-order valence-electron chi connectivity index (χ0n) is 14.2. The van der Waals surface area contributed by atoms with Gasteiger partial charge in [-0.15, -0.1) is 0 Å². The third kappa shape index (κ3) is 4.23. The van der Waals surface area contributed by atoms with E-state index in [1.54, 1.807) is 11.9 Å². The highest BCUT2D eigenvalue weighted by Gasteiger charge is 2.32. The van der Waals surface area contributed by atoms with Crippen molar-refractivity contribution in [3.63, 3.8) is 0 Å².